The summed E-state index contributed by atoms with van der Waals surface area (Å²) in [5.41, 5.74) is -0.111. The van der Waals surface area contributed by atoms with Crippen molar-refractivity contribution in [2.24, 2.45) is 0 Å². The lowest BCUT2D eigenvalue weighted by molar-refractivity contribution is 0.0696. The third kappa shape index (κ3) is 3.79. The van der Waals surface area contributed by atoms with Gasteiger partial charge < -0.3 is 14.6 Å². The van der Waals surface area contributed by atoms with E-state index in [4.69, 9.17) is 14.6 Å². The van der Waals surface area contributed by atoms with Crippen molar-refractivity contribution in [2.75, 3.05) is 33.4 Å². The number of carboxylic acids is 1. The number of nitrogens with zero attached hydrogens (tertiary/aromatic N) is 1. The van der Waals surface area contributed by atoms with Crippen LogP contribution < -0.4 is 9.46 Å². The summed E-state index contributed by atoms with van der Waals surface area (Å²) in [6.45, 7) is 2.65. The highest BCUT2D eigenvalue weighted by Crippen LogP contribution is 2.27. The molecule has 3 rings (SSSR count). The predicted molar refractivity (Wildman–Crippen MR) is 89.5 cm³/mol. The first kappa shape index (κ1) is 18.1. The highest BCUT2D eigenvalue weighted by molar-refractivity contribution is 7.89. The molecule has 2 fully saturated rings. The Kier molecular flexibility index (Phi) is 5.28. The average Bonchev–Trinajstić information content (AvgIpc) is 3.24. The zero-order chi connectivity index (χ0) is 18.0. The SMILES string of the molecule is COc1ccc(C(=O)O)cc1S(=O)(=O)NC1COCC1N1CCCC1. The minimum absolute atomic E-state index is 0.00840. The fourth-order valence-corrected chi connectivity index (χ4v) is 4.82. The van der Waals surface area contributed by atoms with Crippen LogP contribution in [0.3, 0.4) is 0 Å². The van der Waals surface area contributed by atoms with Crippen LogP contribution >= 0.6 is 0 Å². The normalized spacial score (nSPS) is 24.5. The van der Waals surface area contributed by atoms with Gasteiger partial charge in [0.05, 0.1) is 38.0 Å². The first-order valence-corrected chi connectivity index (χ1v) is 9.66. The van der Waals surface area contributed by atoms with Crippen molar-refractivity contribution in [3.8, 4) is 5.75 Å². The predicted octanol–water partition coefficient (Wildman–Crippen LogP) is 0.535. The molecule has 0 spiro atoms. The Morgan fingerprint density at radius 3 is 2.68 bits per heavy atom. The van der Waals surface area contributed by atoms with E-state index in [-0.39, 0.29) is 28.3 Å². The number of likely N-dealkylation sites (tertiary alicyclic amines) is 1. The number of hydrogen-bond donors (Lipinski definition) is 2. The number of hydrogen-bond acceptors (Lipinski definition) is 6. The van der Waals surface area contributed by atoms with E-state index in [1.54, 1.807) is 0 Å². The van der Waals surface area contributed by atoms with Gasteiger partial charge in [0.2, 0.25) is 10.0 Å². The van der Waals surface area contributed by atoms with Gasteiger partial charge in [0.15, 0.2) is 0 Å². The van der Waals surface area contributed by atoms with E-state index in [1.807, 2.05) is 0 Å². The molecule has 2 aliphatic heterocycles. The number of carboxylic acid groups (broad SMARTS) is 1. The molecule has 2 heterocycles. The van der Waals surface area contributed by atoms with Gasteiger partial charge in [-0.1, -0.05) is 0 Å². The molecule has 138 valence electrons. The summed E-state index contributed by atoms with van der Waals surface area (Å²) in [7, 11) is -2.60. The van der Waals surface area contributed by atoms with E-state index in [1.165, 1.54) is 19.2 Å². The molecule has 0 aliphatic carbocycles. The zero-order valence-electron chi connectivity index (χ0n) is 14.0. The number of aromatic carboxylic acids is 1. The highest BCUT2D eigenvalue weighted by atomic mass is 32.2. The monoisotopic (exact) mass is 370 g/mol. The quantitative estimate of drug-likeness (QED) is 0.753. The molecule has 0 saturated carbocycles. The first-order valence-electron chi connectivity index (χ1n) is 8.18. The van der Waals surface area contributed by atoms with Gasteiger partial charge in [-0.25, -0.2) is 17.9 Å². The van der Waals surface area contributed by atoms with Gasteiger partial charge in [0.1, 0.15) is 10.6 Å². The van der Waals surface area contributed by atoms with Crippen LogP contribution in [0.1, 0.15) is 23.2 Å². The van der Waals surface area contributed by atoms with E-state index < -0.39 is 16.0 Å². The van der Waals surface area contributed by atoms with E-state index in [0.717, 1.165) is 32.0 Å². The van der Waals surface area contributed by atoms with Gasteiger partial charge in [0.25, 0.3) is 0 Å². The fraction of sp³-hybridized carbons (Fsp3) is 0.562. The summed E-state index contributed by atoms with van der Waals surface area (Å²) in [4.78, 5) is 13.2. The van der Waals surface area contributed by atoms with Gasteiger partial charge in [-0.2, -0.15) is 0 Å². The fourth-order valence-electron chi connectivity index (χ4n) is 3.37. The summed E-state index contributed by atoms with van der Waals surface area (Å²) < 4.78 is 39.0. The molecule has 2 aliphatic rings. The third-order valence-corrected chi connectivity index (χ3v) is 6.18. The maximum absolute atomic E-state index is 12.8. The van der Waals surface area contributed by atoms with Crippen molar-refractivity contribution in [3.63, 3.8) is 0 Å². The molecule has 2 N–H and O–H groups in total. The Labute approximate surface area is 146 Å². The maximum Gasteiger partial charge on any atom is 0.335 e. The number of methoxy groups -OCH3 is 1. The summed E-state index contributed by atoms with van der Waals surface area (Å²) in [5, 5.41) is 9.13. The molecule has 1 aromatic carbocycles. The average molecular weight is 370 g/mol. The number of benzene rings is 1. The number of carbonyl (C=O) groups is 1. The van der Waals surface area contributed by atoms with Gasteiger partial charge in [-0.3, -0.25) is 4.90 Å². The van der Waals surface area contributed by atoms with Crippen LogP contribution in [0.25, 0.3) is 0 Å². The molecular formula is C16H22N2O6S. The number of nitrogens with one attached hydrogen (secondary N) is 1. The van der Waals surface area contributed by atoms with Crippen molar-refractivity contribution in [3.05, 3.63) is 23.8 Å². The molecule has 0 amide bonds. The molecule has 0 aromatic heterocycles. The van der Waals surface area contributed by atoms with Crippen molar-refractivity contribution in [1.82, 2.24) is 9.62 Å². The standard InChI is InChI=1S/C16H22N2O6S/c1-23-14-5-4-11(16(19)20)8-15(14)25(21,22)17-12-9-24-10-13(12)18-6-2-3-7-18/h4-5,8,12-13,17H,2-3,6-7,9-10H2,1H3,(H,19,20). The largest absolute Gasteiger partial charge is 0.495 e. The lowest BCUT2D eigenvalue weighted by Crippen LogP contribution is -2.50. The van der Waals surface area contributed by atoms with Crippen LogP contribution in [0.2, 0.25) is 0 Å². The second-order valence-corrected chi connectivity index (χ2v) is 7.93. The van der Waals surface area contributed by atoms with Crippen LogP contribution in [-0.4, -0.2) is 69.9 Å². The smallest absolute Gasteiger partial charge is 0.335 e. The van der Waals surface area contributed by atoms with Crippen LogP contribution in [-0.2, 0) is 14.8 Å². The van der Waals surface area contributed by atoms with E-state index in [9.17, 15) is 13.2 Å². The molecule has 0 radical (unpaired) electrons. The Morgan fingerprint density at radius 2 is 2.04 bits per heavy atom. The van der Waals surface area contributed by atoms with Crippen LogP contribution in [0.5, 0.6) is 5.75 Å². The zero-order valence-corrected chi connectivity index (χ0v) is 14.8. The Morgan fingerprint density at radius 1 is 1.32 bits per heavy atom. The summed E-state index contributed by atoms with van der Waals surface area (Å²) in [5.74, 6) is -1.09. The van der Waals surface area contributed by atoms with Gasteiger partial charge in [-0.15, -0.1) is 0 Å². The van der Waals surface area contributed by atoms with E-state index >= 15 is 0 Å². The molecule has 2 saturated heterocycles. The summed E-state index contributed by atoms with van der Waals surface area (Å²) >= 11 is 0. The Hall–Kier alpha value is -1.68. The molecule has 8 nitrogen and oxygen atoms in total. The third-order valence-electron chi connectivity index (χ3n) is 4.67. The van der Waals surface area contributed by atoms with Gasteiger partial charge in [0, 0.05) is 0 Å². The molecule has 0 bridgehead atoms. The van der Waals surface area contributed by atoms with Crippen molar-refractivity contribution >= 4 is 16.0 Å². The molecular weight excluding hydrogens is 348 g/mol. The van der Waals surface area contributed by atoms with Crippen molar-refractivity contribution < 1.29 is 27.8 Å². The maximum atomic E-state index is 12.8. The number of ether oxygens (including phenoxy) is 2. The van der Waals surface area contributed by atoms with Crippen LogP contribution in [0, 0.1) is 0 Å². The van der Waals surface area contributed by atoms with Crippen LogP contribution in [0.15, 0.2) is 23.1 Å². The lowest BCUT2D eigenvalue weighted by atomic mass is 10.1. The first-order chi connectivity index (χ1) is 11.9. The topological polar surface area (TPSA) is 105 Å². The summed E-state index contributed by atoms with van der Waals surface area (Å²) in [6.07, 6.45) is 2.20. The minimum Gasteiger partial charge on any atom is -0.495 e. The van der Waals surface area contributed by atoms with Gasteiger partial charge >= 0.3 is 5.97 Å². The molecule has 2 unspecified atom stereocenters. The molecule has 25 heavy (non-hydrogen) atoms. The molecule has 2 atom stereocenters. The Bertz CT molecular complexity index is 745. The minimum atomic E-state index is -3.95. The molecule has 9 heteroatoms. The second-order valence-electron chi connectivity index (χ2n) is 6.25. The van der Waals surface area contributed by atoms with E-state index in [0.29, 0.717) is 13.2 Å². The highest BCUT2D eigenvalue weighted by Gasteiger charge is 2.37. The Balaban J connectivity index is 1.86. The summed E-state index contributed by atoms with van der Waals surface area (Å²) in [6, 6.07) is 3.39. The molecule has 1 aromatic rings. The lowest BCUT2D eigenvalue weighted by Gasteiger charge is -2.28. The van der Waals surface area contributed by atoms with Crippen molar-refractivity contribution in [2.45, 2.75) is 29.8 Å². The second kappa shape index (κ2) is 7.28. The van der Waals surface area contributed by atoms with Crippen molar-refractivity contribution in [1.29, 1.82) is 0 Å². The van der Waals surface area contributed by atoms with E-state index in [2.05, 4.69) is 9.62 Å². The number of sulfonamides is 1. The van der Waals surface area contributed by atoms with Gasteiger partial charge in [-0.05, 0) is 44.1 Å². The van der Waals surface area contributed by atoms with Crippen LogP contribution in [0.4, 0.5) is 0 Å². The number of rotatable bonds is 6.